The van der Waals surface area contributed by atoms with Gasteiger partial charge in [0.15, 0.2) is 0 Å². The lowest BCUT2D eigenvalue weighted by atomic mass is 9.89. The second-order valence-electron chi connectivity index (χ2n) is 8.39. The van der Waals surface area contributed by atoms with Gasteiger partial charge in [-0.05, 0) is 62.1 Å². The molecule has 3 rings (SSSR count). The lowest BCUT2D eigenvalue weighted by molar-refractivity contribution is -0.137. The fourth-order valence-electron chi connectivity index (χ4n) is 3.80. The van der Waals surface area contributed by atoms with Gasteiger partial charge in [-0.25, -0.2) is 4.79 Å². The van der Waals surface area contributed by atoms with Crippen molar-refractivity contribution in [2.24, 2.45) is 0 Å². The Bertz CT molecular complexity index is 942. The van der Waals surface area contributed by atoms with Crippen molar-refractivity contribution >= 4 is 11.9 Å². The summed E-state index contributed by atoms with van der Waals surface area (Å²) in [7, 11) is 0. The lowest BCUT2D eigenvalue weighted by Gasteiger charge is -2.33. The Kier molecular flexibility index (Phi) is 7.43. The molecular weight excluding hydrogens is 419 g/mol. The molecule has 2 aromatic rings. The molecule has 0 radical (unpaired) electrons. The van der Waals surface area contributed by atoms with Crippen LogP contribution in [0.2, 0.25) is 0 Å². The fraction of sp³-hybridized carbons (Fsp3) is 0.417. The zero-order valence-corrected chi connectivity index (χ0v) is 18.2. The van der Waals surface area contributed by atoms with Crippen LogP contribution in [0.25, 0.3) is 0 Å². The van der Waals surface area contributed by atoms with E-state index < -0.39 is 11.7 Å². The van der Waals surface area contributed by atoms with Gasteiger partial charge in [0.2, 0.25) is 0 Å². The molecule has 0 unspecified atom stereocenters. The van der Waals surface area contributed by atoms with Gasteiger partial charge >= 0.3 is 12.2 Å². The Morgan fingerprint density at radius 2 is 1.84 bits per heavy atom. The first-order valence-electron chi connectivity index (χ1n) is 10.7. The van der Waals surface area contributed by atoms with E-state index in [1.54, 1.807) is 6.07 Å². The molecule has 3 amide bonds. The highest BCUT2D eigenvalue weighted by molar-refractivity contribution is 5.94. The van der Waals surface area contributed by atoms with Gasteiger partial charge in [0.05, 0.1) is 5.56 Å². The number of benzene rings is 2. The summed E-state index contributed by atoms with van der Waals surface area (Å²) in [4.78, 5) is 26.8. The number of carbonyl (C=O) groups is 2. The first-order valence-corrected chi connectivity index (χ1v) is 10.7. The number of rotatable bonds is 5. The maximum Gasteiger partial charge on any atom is 0.416 e. The Hall–Kier alpha value is -3.03. The number of nitrogens with one attached hydrogen (secondary N) is 2. The molecule has 0 bridgehead atoms. The first-order chi connectivity index (χ1) is 15.1. The molecule has 0 spiro atoms. The van der Waals surface area contributed by atoms with Gasteiger partial charge in [0, 0.05) is 37.2 Å². The summed E-state index contributed by atoms with van der Waals surface area (Å²) in [5.74, 6) is -0.152. The molecule has 1 aliphatic rings. The predicted molar refractivity (Wildman–Crippen MR) is 116 cm³/mol. The average molecular weight is 448 g/mol. The third-order valence-corrected chi connectivity index (χ3v) is 5.48. The van der Waals surface area contributed by atoms with E-state index in [1.807, 2.05) is 36.9 Å². The third kappa shape index (κ3) is 6.24. The third-order valence-electron chi connectivity index (χ3n) is 5.48. The standard InChI is InChI=1S/C24H28F3N3O2/c1-16(2)29-23(32)30-12-4-7-20(15-30)18-5-3-6-19(13-18)22(31)28-14-17-8-10-21(11-9-17)24(25,26)27/h3,5-6,8-11,13,16,20H,4,7,12,14-15H2,1-2H3,(H,28,31)(H,29,32)/t20-/m0/s1. The summed E-state index contributed by atoms with van der Waals surface area (Å²) in [5.41, 5.74) is 1.35. The maximum absolute atomic E-state index is 12.7. The molecule has 2 aromatic carbocycles. The molecule has 2 N–H and O–H groups in total. The number of alkyl halides is 3. The number of likely N-dealkylation sites (tertiary alicyclic amines) is 1. The monoisotopic (exact) mass is 447 g/mol. The number of nitrogens with zero attached hydrogens (tertiary/aromatic N) is 1. The summed E-state index contributed by atoms with van der Waals surface area (Å²) in [6, 6.07) is 12.0. The largest absolute Gasteiger partial charge is 0.416 e. The minimum Gasteiger partial charge on any atom is -0.348 e. The maximum atomic E-state index is 12.7. The van der Waals surface area contributed by atoms with Crippen LogP contribution in [0.4, 0.5) is 18.0 Å². The Morgan fingerprint density at radius 3 is 2.50 bits per heavy atom. The van der Waals surface area contributed by atoms with E-state index in [4.69, 9.17) is 0 Å². The van der Waals surface area contributed by atoms with E-state index in [1.165, 1.54) is 12.1 Å². The van der Waals surface area contributed by atoms with Gasteiger partial charge in [0.25, 0.3) is 5.91 Å². The smallest absolute Gasteiger partial charge is 0.348 e. The van der Waals surface area contributed by atoms with Crippen LogP contribution in [-0.4, -0.2) is 36.0 Å². The molecule has 1 fully saturated rings. The van der Waals surface area contributed by atoms with Crippen LogP contribution >= 0.6 is 0 Å². The summed E-state index contributed by atoms with van der Waals surface area (Å²) >= 11 is 0. The second kappa shape index (κ2) is 10.1. The van der Waals surface area contributed by atoms with Crippen LogP contribution in [0, 0.1) is 0 Å². The topological polar surface area (TPSA) is 61.4 Å². The molecule has 0 aromatic heterocycles. The molecule has 8 heteroatoms. The van der Waals surface area contributed by atoms with Gasteiger partial charge in [-0.15, -0.1) is 0 Å². The van der Waals surface area contributed by atoms with Gasteiger partial charge < -0.3 is 15.5 Å². The fourth-order valence-corrected chi connectivity index (χ4v) is 3.80. The number of carbonyl (C=O) groups excluding carboxylic acids is 2. The normalized spacial score (nSPS) is 16.7. The molecule has 1 heterocycles. The minimum absolute atomic E-state index is 0.0690. The molecule has 32 heavy (non-hydrogen) atoms. The molecule has 1 saturated heterocycles. The number of hydrogen-bond donors (Lipinski definition) is 2. The van der Waals surface area contributed by atoms with Crippen molar-refractivity contribution in [3.8, 4) is 0 Å². The van der Waals surface area contributed by atoms with Gasteiger partial charge in [-0.2, -0.15) is 13.2 Å². The SMILES string of the molecule is CC(C)NC(=O)N1CCC[C@H](c2cccc(C(=O)NCc3ccc(C(F)(F)F)cc3)c2)C1. The minimum atomic E-state index is -4.38. The van der Waals surface area contributed by atoms with Crippen molar-refractivity contribution < 1.29 is 22.8 Å². The number of amides is 3. The van der Waals surface area contributed by atoms with Gasteiger partial charge in [-0.3, -0.25) is 4.79 Å². The summed E-state index contributed by atoms with van der Waals surface area (Å²) in [6.07, 6.45) is -2.56. The van der Waals surface area contributed by atoms with Gasteiger partial charge in [-0.1, -0.05) is 24.3 Å². The first kappa shape index (κ1) is 23.6. The molecule has 5 nitrogen and oxygen atoms in total. The van der Waals surface area contributed by atoms with Crippen molar-refractivity contribution in [2.45, 2.75) is 51.4 Å². The van der Waals surface area contributed by atoms with E-state index in [0.29, 0.717) is 24.2 Å². The Morgan fingerprint density at radius 1 is 1.12 bits per heavy atom. The highest BCUT2D eigenvalue weighted by Crippen LogP contribution is 2.29. The Balaban J connectivity index is 1.61. The second-order valence-corrected chi connectivity index (χ2v) is 8.39. The van der Waals surface area contributed by atoms with E-state index in [9.17, 15) is 22.8 Å². The van der Waals surface area contributed by atoms with E-state index in [2.05, 4.69) is 10.6 Å². The summed E-state index contributed by atoms with van der Waals surface area (Å²) in [6.45, 7) is 5.28. The quantitative estimate of drug-likeness (QED) is 0.683. The summed E-state index contributed by atoms with van der Waals surface area (Å²) in [5, 5.41) is 5.68. The number of urea groups is 1. The van der Waals surface area contributed by atoms with E-state index in [0.717, 1.165) is 30.5 Å². The van der Waals surface area contributed by atoms with Crippen molar-refractivity contribution in [1.82, 2.24) is 15.5 Å². The molecule has 1 atom stereocenters. The van der Waals surface area contributed by atoms with Crippen LogP contribution in [0.5, 0.6) is 0 Å². The summed E-state index contributed by atoms with van der Waals surface area (Å²) < 4.78 is 38.0. The van der Waals surface area contributed by atoms with Crippen molar-refractivity contribution in [3.63, 3.8) is 0 Å². The van der Waals surface area contributed by atoms with E-state index >= 15 is 0 Å². The number of piperidine rings is 1. The highest BCUT2D eigenvalue weighted by atomic mass is 19.4. The van der Waals surface area contributed by atoms with Crippen LogP contribution < -0.4 is 10.6 Å². The van der Waals surface area contributed by atoms with Crippen molar-refractivity contribution in [2.75, 3.05) is 13.1 Å². The molecular formula is C24H28F3N3O2. The van der Waals surface area contributed by atoms with E-state index in [-0.39, 0.29) is 30.4 Å². The van der Waals surface area contributed by atoms with Crippen molar-refractivity contribution in [1.29, 1.82) is 0 Å². The van der Waals surface area contributed by atoms with Gasteiger partial charge in [0.1, 0.15) is 0 Å². The zero-order valence-electron chi connectivity index (χ0n) is 18.2. The lowest BCUT2D eigenvalue weighted by Crippen LogP contribution is -2.47. The van der Waals surface area contributed by atoms with Crippen molar-refractivity contribution in [3.05, 3.63) is 70.8 Å². The molecule has 0 aliphatic carbocycles. The number of hydrogen-bond acceptors (Lipinski definition) is 2. The van der Waals surface area contributed by atoms with Crippen LogP contribution in [0.15, 0.2) is 48.5 Å². The predicted octanol–water partition coefficient (Wildman–Crippen LogP) is 4.93. The average Bonchev–Trinajstić information content (AvgIpc) is 2.77. The van der Waals surface area contributed by atoms with Crippen LogP contribution in [0.1, 0.15) is 59.7 Å². The zero-order chi connectivity index (χ0) is 23.3. The molecule has 0 saturated carbocycles. The van der Waals surface area contributed by atoms with Crippen LogP contribution in [0.3, 0.4) is 0 Å². The van der Waals surface area contributed by atoms with Crippen LogP contribution in [-0.2, 0) is 12.7 Å². The highest BCUT2D eigenvalue weighted by Gasteiger charge is 2.30. The Labute approximate surface area is 186 Å². The molecule has 172 valence electrons. The molecule has 1 aliphatic heterocycles. The number of halogens is 3.